The lowest BCUT2D eigenvalue weighted by Gasteiger charge is -2.51. The van der Waals surface area contributed by atoms with Gasteiger partial charge in [-0.15, -0.1) is 0 Å². The number of carbonyl (C=O) groups excluding carboxylic acids is 1. The number of carbonyl (C=O) groups is 1. The van der Waals surface area contributed by atoms with Crippen molar-refractivity contribution in [3.8, 4) is 0 Å². The zero-order valence-electron chi connectivity index (χ0n) is 10.7. The molecule has 2 aliphatic heterocycles. The Morgan fingerprint density at radius 3 is 2.59 bits per heavy atom. The number of fused-ring (bicyclic) bond motifs is 3. The summed E-state index contributed by atoms with van der Waals surface area (Å²) in [5.74, 6) is 0.197. The van der Waals surface area contributed by atoms with Gasteiger partial charge in [0.15, 0.2) is 0 Å². The lowest BCUT2D eigenvalue weighted by molar-refractivity contribution is -0.0748. The quantitative estimate of drug-likeness (QED) is 0.656. The van der Waals surface area contributed by atoms with Gasteiger partial charge in [-0.1, -0.05) is 0 Å². The first kappa shape index (κ1) is 12.6. The summed E-state index contributed by atoms with van der Waals surface area (Å²) in [6, 6.07) is -0.378. The van der Waals surface area contributed by atoms with Crippen molar-refractivity contribution in [2.75, 3.05) is 6.54 Å². The summed E-state index contributed by atoms with van der Waals surface area (Å²) in [6.07, 6.45) is 0.856. The zero-order valence-corrected chi connectivity index (χ0v) is 10.7. The maximum atomic E-state index is 12.0. The number of aliphatic hydroxyl groups excluding tert-OH is 1. The number of ether oxygens (including phenoxy) is 1. The predicted octanol–water partition coefficient (Wildman–Crippen LogP) is 0.704. The summed E-state index contributed by atoms with van der Waals surface area (Å²) in [5.41, 5.74) is 5.43. The molecule has 3 rings (SSSR count). The molecule has 0 aromatic carbocycles. The smallest absolute Gasteiger partial charge is 0.410 e. The molecule has 3 fully saturated rings. The van der Waals surface area contributed by atoms with Crippen LogP contribution in [0.2, 0.25) is 0 Å². The highest BCUT2D eigenvalue weighted by Crippen LogP contribution is 2.35. The van der Waals surface area contributed by atoms with E-state index in [2.05, 4.69) is 0 Å². The van der Waals surface area contributed by atoms with Crippen LogP contribution in [0.1, 0.15) is 33.6 Å². The third-order valence-electron chi connectivity index (χ3n) is 3.63. The van der Waals surface area contributed by atoms with Crippen molar-refractivity contribution in [1.82, 2.24) is 4.90 Å². The van der Waals surface area contributed by atoms with Crippen molar-refractivity contribution in [2.24, 2.45) is 11.7 Å². The molecular weight excluding hydrogens is 220 g/mol. The number of aliphatic hydroxyl groups is 1. The van der Waals surface area contributed by atoms with E-state index in [-0.39, 0.29) is 24.1 Å². The molecule has 0 spiro atoms. The van der Waals surface area contributed by atoms with Crippen molar-refractivity contribution in [3.63, 3.8) is 0 Å². The minimum atomic E-state index is -0.616. The molecule has 1 aliphatic carbocycles. The van der Waals surface area contributed by atoms with Gasteiger partial charge in [-0.3, -0.25) is 0 Å². The summed E-state index contributed by atoms with van der Waals surface area (Å²) in [7, 11) is 0. The Balaban J connectivity index is 2.06. The van der Waals surface area contributed by atoms with Gasteiger partial charge >= 0.3 is 6.09 Å². The Morgan fingerprint density at radius 1 is 1.41 bits per heavy atom. The Bertz CT molecular complexity index is 311. The van der Waals surface area contributed by atoms with E-state index in [0.29, 0.717) is 6.54 Å². The highest BCUT2D eigenvalue weighted by molar-refractivity contribution is 5.69. The van der Waals surface area contributed by atoms with Crippen molar-refractivity contribution < 1.29 is 14.6 Å². The lowest BCUT2D eigenvalue weighted by Crippen LogP contribution is -2.66. The molecule has 98 valence electrons. The van der Waals surface area contributed by atoms with Gasteiger partial charge in [0.25, 0.3) is 0 Å². The summed E-state index contributed by atoms with van der Waals surface area (Å²) in [4.78, 5) is 13.7. The van der Waals surface area contributed by atoms with Gasteiger partial charge in [0.2, 0.25) is 0 Å². The second-order valence-corrected chi connectivity index (χ2v) is 6.11. The van der Waals surface area contributed by atoms with Crippen LogP contribution in [0.4, 0.5) is 4.79 Å². The maximum Gasteiger partial charge on any atom is 0.410 e. The Hall–Kier alpha value is -0.810. The van der Waals surface area contributed by atoms with Crippen LogP contribution in [0.5, 0.6) is 0 Å². The fourth-order valence-electron chi connectivity index (χ4n) is 2.76. The average Bonchev–Trinajstić information content (AvgIpc) is 2.22. The highest BCUT2D eigenvalue weighted by Gasteiger charge is 2.48. The number of hydrogen-bond acceptors (Lipinski definition) is 4. The van der Waals surface area contributed by atoms with Gasteiger partial charge in [-0.05, 0) is 39.5 Å². The minimum absolute atomic E-state index is 0.176. The van der Waals surface area contributed by atoms with Gasteiger partial charge in [0, 0.05) is 12.6 Å². The maximum absolute atomic E-state index is 12.0. The number of hydrogen-bond donors (Lipinski definition) is 2. The minimum Gasteiger partial charge on any atom is -0.444 e. The molecule has 2 bridgehead atoms. The first-order valence-corrected chi connectivity index (χ1v) is 6.23. The van der Waals surface area contributed by atoms with Gasteiger partial charge in [-0.2, -0.15) is 0 Å². The molecule has 2 saturated heterocycles. The summed E-state index contributed by atoms with van der Waals surface area (Å²) < 4.78 is 5.35. The SMILES string of the molecule is CC(C)(C)OC(=O)N1C[C@H]2CC[C@H]1[C@H](O)[C@H]2N. The molecule has 2 heterocycles. The zero-order chi connectivity index (χ0) is 12.8. The molecule has 5 nitrogen and oxygen atoms in total. The third kappa shape index (κ3) is 2.40. The van der Waals surface area contributed by atoms with Crippen molar-refractivity contribution in [1.29, 1.82) is 0 Å². The summed E-state index contributed by atoms with van der Waals surface area (Å²) in [5, 5.41) is 10.0. The summed E-state index contributed by atoms with van der Waals surface area (Å²) in [6.45, 7) is 6.14. The number of piperidine rings is 2. The first-order chi connectivity index (χ1) is 7.79. The molecule has 3 N–H and O–H groups in total. The van der Waals surface area contributed by atoms with Gasteiger partial charge in [0.1, 0.15) is 5.60 Å². The Labute approximate surface area is 102 Å². The van der Waals surface area contributed by atoms with Gasteiger partial charge in [0.05, 0.1) is 12.1 Å². The molecule has 4 atom stereocenters. The molecule has 17 heavy (non-hydrogen) atoms. The van der Waals surface area contributed by atoms with E-state index in [4.69, 9.17) is 10.5 Å². The van der Waals surface area contributed by atoms with Crippen LogP contribution in [0.3, 0.4) is 0 Å². The second kappa shape index (κ2) is 4.14. The molecule has 5 heteroatoms. The number of rotatable bonds is 0. The molecule has 0 unspecified atom stereocenters. The highest BCUT2D eigenvalue weighted by atomic mass is 16.6. The first-order valence-electron chi connectivity index (χ1n) is 6.23. The fraction of sp³-hybridized carbons (Fsp3) is 0.917. The van der Waals surface area contributed by atoms with Gasteiger partial charge in [-0.25, -0.2) is 4.79 Å². The van der Waals surface area contributed by atoms with Crippen molar-refractivity contribution >= 4 is 6.09 Å². The van der Waals surface area contributed by atoms with E-state index < -0.39 is 11.7 Å². The van der Waals surface area contributed by atoms with E-state index in [1.807, 2.05) is 20.8 Å². The normalized spacial score (nSPS) is 37.1. The van der Waals surface area contributed by atoms with Crippen LogP contribution < -0.4 is 5.73 Å². The standard InChI is InChI=1S/C12H22N2O3/c1-12(2,3)17-11(16)14-6-7-4-5-8(14)10(15)9(7)13/h7-10,15H,4-6,13H2,1-3H3/t7-,8+,9+,10+/m1/s1. The average molecular weight is 242 g/mol. The molecule has 1 saturated carbocycles. The second-order valence-electron chi connectivity index (χ2n) is 6.11. The van der Waals surface area contributed by atoms with Crippen LogP contribution >= 0.6 is 0 Å². The Morgan fingerprint density at radius 2 is 2.06 bits per heavy atom. The number of nitrogens with zero attached hydrogens (tertiary/aromatic N) is 1. The largest absolute Gasteiger partial charge is 0.444 e. The topological polar surface area (TPSA) is 75.8 Å². The van der Waals surface area contributed by atoms with Crippen LogP contribution in [0.25, 0.3) is 0 Å². The molecular formula is C12H22N2O3. The molecule has 0 aromatic rings. The van der Waals surface area contributed by atoms with E-state index in [0.717, 1.165) is 12.8 Å². The number of amides is 1. The molecule has 3 aliphatic rings. The van der Waals surface area contributed by atoms with Crippen molar-refractivity contribution in [3.05, 3.63) is 0 Å². The molecule has 1 amide bonds. The van der Waals surface area contributed by atoms with Crippen molar-refractivity contribution in [2.45, 2.75) is 57.4 Å². The van der Waals surface area contributed by atoms with E-state index >= 15 is 0 Å². The fourth-order valence-corrected chi connectivity index (χ4v) is 2.76. The van der Waals surface area contributed by atoms with Gasteiger partial charge < -0.3 is 20.5 Å². The monoisotopic (exact) mass is 242 g/mol. The van der Waals surface area contributed by atoms with E-state index in [1.165, 1.54) is 0 Å². The Kier molecular flexibility index (Phi) is 3.08. The van der Waals surface area contributed by atoms with Crippen LogP contribution in [0, 0.1) is 5.92 Å². The third-order valence-corrected chi connectivity index (χ3v) is 3.63. The van der Waals surface area contributed by atoms with Crippen LogP contribution in [0.15, 0.2) is 0 Å². The molecule has 0 aromatic heterocycles. The van der Waals surface area contributed by atoms with E-state index in [9.17, 15) is 9.90 Å². The van der Waals surface area contributed by atoms with Crippen LogP contribution in [-0.4, -0.2) is 46.4 Å². The van der Waals surface area contributed by atoms with Crippen LogP contribution in [-0.2, 0) is 4.74 Å². The lowest BCUT2D eigenvalue weighted by atomic mass is 9.75. The number of nitrogens with two attached hydrogens (primary N) is 1. The predicted molar refractivity (Wildman–Crippen MR) is 63.4 cm³/mol. The summed E-state index contributed by atoms with van der Waals surface area (Å²) >= 11 is 0. The van der Waals surface area contributed by atoms with E-state index in [1.54, 1.807) is 4.90 Å². The molecule has 0 radical (unpaired) electrons.